The predicted molar refractivity (Wildman–Crippen MR) is 61.0 cm³/mol. The van der Waals surface area contributed by atoms with Crippen LogP contribution in [0.15, 0.2) is 11.6 Å². The van der Waals surface area contributed by atoms with Gasteiger partial charge in [0.1, 0.15) is 0 Å². The summed E-state index contributed by atoms with van der Waals surface area (Å²) in [5.41, 5.74) is 2.89. The highest BCUT2D eigenvalue weighted by Crippen LogP contribution is 2.15. The van der Waals surface area contributed by atoms with Crippen molar-refractivity contribution in [1.29, 1.82) is 0 Å². The molecule has 2 unspecified atom stereocenters. The number of rotatable bonds is 6. The molecule has 0 spiro atoms. The second-order valence-electron chi connectivity index (χ2n) is 3.67. The lowest BCUT2D eigenvalue weighted by Crippen LogP contribution is -2.41. The second-order valence-corrected chi connectivity index (χ2v) is 4.65. The van der Waals surface area contributed by atoms with Gasteiger partial charge in [-0.15, -0.1) is 11.3 Å². The van der Waals surface area contributed by atoms with Crippen molar-refractivity contribution >= 4 is 11.3 Å². The van der Waals surface area contributed by atoms with E-state index in [9.17, 15) is 0 Å². The predicted octanol–water partition coefficient (Wildman–Crippen LogP) is 1.95. The number of nitrogens with two attached hydrogens (primary N) is 1. The molecule has 2 atom stereocenters. The van der Waals surface area contributed by atoms with Gasteiger partial charge in [-0.05, 0) is 12.3 Å². The fourth-order valence-electron chi connectivity index (χ4n) is 1.62. The van der Waals surface area contributed by atoms with Gasteiger partial charge in [-0.25, -0.2) is 4.98 Å². The molecule has 4 heteroatoms. The topological polar surface area (TPSA) is 50.9 Å². The van der Waals surface area contributed by atoms with E-state index in [-0.39, 0.29) is 0 Å². The van der Waals surface area contributed by atoms with E-state index in [2.05, 4.69) is 24.3 Å². The van der Waals surface area contributed by atoms with Gasteiger partial charge in [0.15, 0.2) is 0 Å². The fourth-order valence-corrected chi connectivity index (χ4v) is 2.30. The molecule has 0 amide bonds. The maximum atomic E-state index is 5.55. The van der Waals surface area contributed by atoms with Gasteiger partial charge in [0.2, 0.25) is 0 Å². The number of hydrogen-bond donors (Lipinski definition) is 2. The van der Waals surface area contributed by atoms with Crippen LogP contribution >= 0.6 is 11.3 Å². The molecule has 80 valence electrons. The van der Waals surface area contributed by atoms with Gasteiger partial charge in [-0.1, -0.05) is 20.3 Å². The standard InChI is InChI=1S/C10H19N3S/c1-3-4-8(2)9(13-11)7-10-12-5-6-14-10/h5-6,8-9,13H,3-4,7,11H2,1-2H3. The molecule has 0 aliphatic carbocycles. The molecule has 0 fully saturated rings. The van der Waals surface area contributed by atoms with E-state index in [1.54, 1.807) is 11.3 Å². The lowest BCUT2D eigenvalue weighted by Gasteiger charge is -2.21. The number of nitrogens with zero attached hydrogens (tertiary/aromatic N) is 1. The van der Waals surface area contributed by atoms with Crippen molar-refractivity contribution in [3.63, 3.8) is 0 Å². The number of hydrogen-bond acceptors (Lipinski definition) is 4. The number of aromatic nitrogens is 1. The third-order valence-corrected chi connectivity index (χ3v) is 3.32. The van der Waals surface area contributed by atoms with Crippen LogP contribution in [0.3, 0.4) is 0 Å². The Morgan fingerprint density at radius 3 is 2.93 bits per heavy atom. The molecule has 1 aromatic heterocycles. The van der Waals surface area contributed by atoms with Crippen LogP contribution in [-0.4, -0.2) is 11.0 Å². The summed E-state index contributed by atoms with van der Waals surface area (Å²) in [6.45, 7) is 4.44. The summed E-state index contributed by atoms with van der Waals surface area (Å²) in [6.07, 6.45) is 5.20. The van der Waals surface area contributed by atoms with Crippen LogP contribution < -0.4 is 11.3 Å². The van der Waals surface area contributed by atoms with Crippen molar-refractivity contribution in [2.24, 2.45) is 11.8 Å². The molecule has 0 saturated carbocycles. The lowest BCUT2D eigenvalue weighted by molar-refractivity contribution is 0.356. The highest BCUT2D eigenvalue weighted by Gasteiger charge is 2.16. The van der Waals surface area contributed by atoms with E-state index in [1.807, 2.05) is 11.6 Å². The van der Waals surface area contributed by atoms with E-state index >= 15 is 0 Å². The molecule has 0 bridgehead atoms. The van der Waals surface area contributed by atoms with E-state index in [0.29, 0.717) is 12.0 Å². The van der Waals surface area contributed by atoms with Crippen molar-refractivity contribution in [1.82, 2.24) is 10.4 Å². The Morgan fingerprint density at radius 1 is 1.64 bits per heavy atom. The SMILES string of the molecule is CCCC(C)C(Cc1nccs1)NN. The third kappa shape index (κ3) is 3.36. The smallest absolute Gasteiger partial charge is 0.0940 e. The molecule has 14 heavy (non-hydrogen) atoms. The van der Waals surface area contributed by atoms with Gasteiger partial charge < -0.3 is 0 Å². The van der Waals surface area contributed by atoms with Crippen LogP contribution in [0.2, 0.25) is 0 Å². The Labute approximate surface area is 89.7 Å². The first-order chi connectivity index (χ1) is 6.77. The van der Waals surface area contributed by atoms with Crippen LogP contribution in [0.5, 0.6) is 0 Å². The van der Waals surface area contributed by atoms with E-state index in [0.717, 1.165) is 11.4 Å². The maximum Gasteiger partial charge on any atom is 0.0940 e. The molecular formula is C10H19N3S. The van der Waals surface area contributed by atoms with E-state index in [1.165, 1.54) is 12.8 Å². The number of nitrogens with one attached hydrogen (secondary N) is 1. The van der Waals surface area contributed by atoms with Gasteiger partial charge >= 0.3 is 0 Å². The second kappa shape index (κ2) is 6.11. The van der Waals surface area contributed by atoms with Crippen molar-refractivity contribution in [2.45, 2.75) is 39.2 Å². The molecule has 0 aliphatic rings. The Bertz CT molecular complexity index is 236. The summed E-state index contributed by atoms with van der Waals surface area (Å²) in [7, 11) is 0. The zero-order valence-electron chi connectivity index (χ0n) is 8.86. The van der Waals surface area contributed by atoms with Gasteiger partial charge in [0, 0.05) is 24.0 Å². The average molecular weight is 213 g/mol. The van der Waals surface area contributed by atoms with Gasteiger partial charge in [0.25, 0.3) is 0 Å². The first kappa shape index (κ1) is 11.6. The first-order valence-electron chi connectivity index (χ1n) is 5.12. The number of thiazole rings is 1. The van der Waals surface area contributed by atoms with Crippen LogP contribution in [0, 0.1) is 5.92 Å². The molecular weight excluding hydrogens is 194 g/mol. The molecule has 1 heterocycles. The zero-order valence-corrected chi connectivity index (χ0v) is 9.68. The summed E-state index contributed by atoms with van der Waals surface area (Å²) < 4.78 is 0. The Kier molecular flexibility index (Phi) is 5.07. The fraction of sp³-hybridized carbons (Fsp3) is 0.700. The zero-order chi connectivity index (χ0) is 10.4. The summed E-state index contributed by atoms with van der Waals surface area (Å²) >= 11 is 1.70. The molecule has 0 aliphatic heterocycles. The van der Waals surface area contributed by atoms with Gasteiger partial charge in [-0.2, -0.15) is 0 Å². The molecule has 1 rings (SSSR count). The summed E-state index contributed by atoms with van der Waals surface area (Å²) in [4.78, 5) is 4.27. The summed E-state index contributed by atoms with van der Waals surface area (Å²) in [5.74, 6) is 6.15. The minimum Gasteiger partial charge on any atom is -0.271 e. The van der Waals surface area contributed by atoms with E-state index < -0.39 is 0 Å². The minimum atomic E-state index is 0.348. The average Bonchev–Trinajstić information content (AvgIpc) is 2.66. The van der Waals surface area contributed by atoms with Crippen LogP contribution in [0.25, 0.3) is 0 Å². The van der Waals surface area contributed by atoms with Crippen LogP contribution in [-0.2, 0) is 6.42 Å². The highest BCUT2D eigenvalue weighted by molar-refractivity contribution is 7.09. The molecule has 0 saturated heterocycles. The molecule has 0 aromatic carbocycles. The number of hydrazine groups is 1. The summed E-state index contributed by atoms with van der Waals surface area (Å²) in [5, 5.41) is 3.17. The Morgan fingerprint density at radius 2 is 2.43 bits per heavy atom. The van der Waals surface area contributed by atoms with Crippen LogP contribution in [0.1, 0.15) is 31.7 Å². The Balaban J connectivity index is 2.46. The first-order valence-corrected chi connectivity index (χ1v) is 6.00. The third-order valence-electron chi connectivity index (χ3n) is 2.52. The van der Waals surface area contributed by atoms with Crippen molar-refractivity contribution in [2.75, 3.05) is 0 Å². The monoisotopic (exact) mass is 213 g/mol. The van der Waals surface area contributed by atoms with Crippen molar-refractivity contribution in [3.05, 3.63) is 16.6 Å². The molecule has 3 N–H and O–H groups in total. The van der Waals surface area contributed by atoms with Gasteiger partial charge in [-0.3, -0.25) is 11.3 Å². The van der Waals surface area contributed by atoms with Crippen LogP contribution in [0.4, 0.5) is 0 Å². The largest absolute Gasteiger partial charge is 0.271 e. The molecule has 3 nitrogen and oxygen atoms in total. The quantitative estimate of drug-likeness (QED) is 0.561. The lowest BCUT2D eigenvalue weighted by atomic mass is 9.95. The minimum absolute atomic E-state index is 0.348. The normalized spacial score (nSPS) is 15.4. The van der Waals surface area contributed by atoms with Crippen molar-refractivity contribution in [3.8, 4) is 0 Å². The van der Waals surface area contributed by atoms with E-state index in [4.69, 9.17) is 5.84 Å². The van der Waals surface area contributed by atoms with Crippen molar-refractivity contribution < 1.29 is 0 Å². The summed E-state index contributed by atoms with van der Waals surface area (Å²) in [6, 6.07) is 0.348. The molecule has 1 aromatic rings. The highest BCUT2D eigenvalue weighted by atomic mass is 32.1. The Hall–Kier alpha value is -0.450. The molecule has 0 radical (unpaired) electrons. The maximum absolute atomic E-state index is 5.55. The van der Waals surface area contributed by atoms with Gasteiger partial charge in [0.05, 0.1) is 5.01 Å².